The summed E-state index contributed by atoms with van der Waals surface area (Å²) in [5.74, 6) is -0.533. The molecule has 5 nitrogen and oxygen atoms in total. The first kappa shape index (κ1) is 14.7. The van der Waals surface area contributed by atoms with E-state index in [2.05, 4.69) is 12.2 Å². The summed E-state index contributed by atoms with van der Waals surface area (Å²) < 4.78 is 0. The van der Waals surface area contributed by atoms with Crippen LogP contribution in [0.4, 0.5) is 22.7 Å². The number of para-hydroxylation sites is 1. The highest BCUT2D eigenvalue weighted by Gasteiger charge is 2.10. The number of anilines is 4. The van der Waals surface area contributed by atoms with E-state index in [1.54, 1.807) is 12.1 Å². The molecule has 0 radical (unpaired) electrons. The predicted octanol–water partition coefficient (Wildman–Crippen LogP) is 2.49. The maximum Gasteiger partial charge on any atom is 0.250 e. The molecule has 2 aromatic carbocycles. The molecule has 0 saturated heterocycles. The molecule has 5 N–H and O–H groups in total. The first-order chi connectivity index (χ1) is 9.90. The average Bonchev–Trinajstić information content (AvgIpc) is 2.42. The minimum atomic E-state index is -0.533. The Labute approximate surface area is 124 Å². The van der Waals surface area contributed by atoms with Gasteiger partial charge in [-0.3, -0.25) is 4.79 Å². The normalized spacial score (nSPS) is 10.2. The molecule has 0 spiro atoms. The van der Waals surface area contributed by atoms with Crippen molar-refractivity contribution in [2.24, 2.45) is 5.73 Å². The molecule has 0 aromatic heterocycles. The second kappa shape index (κ2) is 5.75. The minimum absolute atomic E-state index is 0.319. The fraction of sp³-hybridized carbons (Fsp3) is 0.188. The summed E-state index contributed by atoms with van der Waals surface area (Å²) in [4.78, 5) is 13.4. The van der Waals surface area contributed by atoms with E-state index < -0.39 is 5.91 Å². The number of hydrogen-bond acceptors (Lipinski definition) is 4. The highest BCUT2D eigenvalue weighted by atomic mass is 16.1. The number of benzene rings is 2. The number of nitrogens with two attached hydrogens (primary N) is 2. The predicted molar refractivity (Wildman–Crippen MR) is 88.2 cm³/mol. The Morgan fingerprint density at radius 3 is 2.52 bits per heavy atom. The summed E-state index contributed by atoms with van der Waals surface area (Å²) in [6.45, 7) is 2.06. The standard InChI is InChI=1S/C16H20N4O/c1-10-7-8-11(9-14(10)20(2)3)19-13-6-4-5-12(15(13)17)16(18)21/h4-9,19H,17H2,1-3H3,(H2,18,21). The Morgan fingerprint density at radius 1 is 1.19 bits per heavy atom. The largest absolute Gasteiger partial charge is 0.396 e. The molecule has 2 rings (SSSR count). The van der Waals surface area contributed by atoms with Crippen LogP contribution < -0.4 is 21.7 Å². The molecule has 0 fully saturated rings. The Balaban J connectivity index is 2.37. The van der Waals surface area contributed by atoms with E-state index in [4.69, 9.17) is 11.5 Å². The van der Waals surface area contributed by atoms with E-state index in [0.717, 1.165) is 11.4 Å². The van der Waals surface area contributed by atoms with Gasteiger partial charge >= 0.3 is 0 Å². The van der Waals surface area contributed by atoms with Gasteiger partial charge in [0.15, 0.2) is 0 Å². The summed E-state index contributed by atoms with van der Waals surface area (Å²) >= 11 is 0. The molecule has 1 amide bonds. The number of nitrogens with zero attached hydrogens (tertiary/aromatic N) is 1. The van der Waals surface area contributed by atoms with Crippen LogP contribution in [0.5, 0.6) is 0 Å². The summed E-state index contributed by atoms with van der Waals surface area (Å²) in [6, 6.07) is 11.2. The molecular formula is C16H20N4O. The van der Waals surface area contributed by atoms with E-state index in [-0.39, 0.29) is 0 Å². The lowest BCUT2D eigenvalue weighted by molar-refractivity contribution is 0.100. The first-order valence-electron chi connectivity index (χ1n) is 6.63. The van der Waals surface area contributed by atoms with Gasteiger partial charge in [0.25, 0.3) is 5.91 Å². The van der Waals surface area contributed by atoms with Crippen LogP contribution in [0.1, 0.15) is 15.9 Å². The number of hydrogen-bond donors (Lipinski definition) is 3. The van der Waals surface area contributed by atoms with Gasteiger partial charge in [0.1, 0.15) is 0 Å². The van der Waals surface area contributed by atoms with Crippen LogP contribution in [0.15, 0.2) is 36.4 Å². The van der Waals surface area contributed by atoms with Gasteiger partial charge in [-0.25, -0.2) is 0 Å². The minimum Gasteiger partial charge on any atom is -0.396 e. The molecule has 0 aliphatic heterocycles. The van der Waals surface area contributed by atoms with E-state index in [1.807, 2.05) is 43.3 Å². The maximum absolute atomic E-state index is 11.3. The molecule has 5 heteroatoms. The SMILES string of the molecule is Cc1ccc(Nc2cccc(C(N)=O)c2N)cc1N(C)C. The fourth-order valence-corrected chi connectivity index (χ4v) is 2.21. The lowest BCUT2D eigenvalue weighted by Gasteiger charge is -2.18. The van der Waals surface area contributed by atoms with Crippen molar-refractivity contribution in [1.29, 1.82) is 0 Å². The number of aryl methyl sites for hydroxylation is 1. The maximum atomic E-state index is 11.3. The van der Waals surface area contributed by atoms with Gasteiger partial charge in [-0.2, -0.15) is 0 Å². The second-order valence-electron chi connectivity index (χ2n) is 5.15. The molecular weight excluding hydrogens is 264 g/mol. The third kappa shape index (κ3) is 3.08. The van der Waals surface area contributed by atoms with Gasteiger partial charge in [-0.15, -0.1) is 0 Å². The van der Waals surface area contributed by atoms with E-state index in [1.165, 1.54) is 5.56 Å². The summed E-state index contributed by atoms with van der Waals surface area (Å²) in [5.41, 5.74) is 15.8. The van der Waals surface area contributed by atoms with Crippen molar-refractivity contribution < 1.29 is 4.79 Å². The van der Waals surface area contributed by atoms with Crippen molar-refractivity contribution in [3.63, 3.8) is 0 Å². The summed E-state index contributed by atoms with van der Waals surface area (Å²) in [5, 5.41) is 3.23. The van der Waals surface area contributed by atoms with Gasteiger partial charge in [0.2, 0.25) is 0 Å². The molecule has 2 aromatic rings. The van der Waals surface area contributed by atoms with Crippen LogP contribution in [-0.2, 0) is 0 Å². The van der Waals surface area contributed by atoms with Crippen LogP contribution in [0.3, 0.4) is 0 Å². The molecule has 0 bridgehead atoms. The highest BCUT2D eigenvalue weighted by Crippen LogP contribution is 2.29. The highest BCUT2D eigenvalue weighted by molar-refractivity contribution is 6.01. The van der Waals surface area contributed by atoms with Crippen molar-refractivity contribution in [2.45, 2.75) is 6.92 Å². The van der Waals surface area contributed by atoms with E-state index in [0.29, 0.717) is 16.9 Å². The van der Waals surface area contributed by atoms with Gasteiger partial charge < -0.3 is 21.7 Å². The van der Waals surface area contributed by atoms with Crippen LogP contribution in [0.2, 0.25) is 0 Å². The van der Waals surface area contributed by atoms with Gasteiger partial charge in [0, 0.05) is 25.5 Å². The zero-order chi connectivity index (χ0) is 15.6. The van der Waals surface area contributed by atoms with Crippen LogP contribution in [-0.4, -0.2) is 20.0 Å². The molecule has 21 heavy (non-hydrogen) atoms. The number of carbonyl (C=O) groups is 1. The lowest BCUT2D eigenvalue weighted by Crippen LogP contribution is -2.14. The van der Waals surface area contributed by atoms with E-state index >= 15 is 0 Å². The molecule has 0 atom stereocenters. The van der Waals surface area contributed by atoms with Gasteiger partial charge in [0.05, 0.1) is 16.9 Å². The van der Waals surface area contributed by atoms with Crippen molar-refractivity contribution in [3.05, 3.63) is 47.5 Å². The van der Waals surface area contributed by atoms with Crippen LogP contribution in [0.25, 0.3) is 0 Å². The Hall–Kier alpha value is -2.69. The van der Waals surface area contributed by atoms with Crippen molar-refractivity contribution in [1.82, 2.24) is 0 Å². The molecule has 110 valence electrons. The molecule has 0 aliphatic rings. The Morgan fingerprint density at radius 2 is 1.90 bits per heavy atom. The average molecular weight is 284 g/mol. The Kier molecular flexibility index (Phi) is 4.03. The van der Waals surface area contributed by atoms with Gasteiger partial charge in [-0.1, -0.05) is 12.1 Å². The van der Waals surface area contributed by atoms with Gasteiger partial charge in [-0.05, 0) is 36.8 Å². The van der Waals surface area contributed by atoms with Crippen LogP contribution >= 0.6 is 0 Å². The van der Waals surface area contributed by atoms with Crippen LogP contribution in [0, 0.1) is 6.92 Å². The smallest absolute Gasteiger partial charge is 0.250 e. The summed E-state index contributed by atoms with van der Waals surface area (Å²) in [6.07, 6.45) is 0. The molecule has 0 saturated carbocycles. The van der Waals surface area contributed by atoms with E-state index in [9.17, 15) is 4.79 Å². The van der Waals surface area contributed by atoms with Crippen molar-refractivity contribution in [3.8, 4) is 0 Å². The second-order valence-corrected chi connectivity index (χ2v) is 5.15. The lowest BCUT2D eigenvalue weighted by atomic mass is 10.1. The quantitative estimate of drug-likeness (QED) is 0.753. The Bertz CT molecular complexity index is 680. The summed E-state index contributed by atoms with van der Waals surface area (Å²) in [7, 11) is 3.99. The number of amides is 1. The molecule has 0 unspecified atom stereocenters. The first-order valence-corrected chi connectivity index (χ1v) is 6.63. The monoisotopic (exact) mass is 284 g/mol. The van der Waals surface area contributed by atoms with Crippen molar-refractivity contribution >= 4 is 28.7 Å². The topological polar surface area (TPSA) is 84.4 Å². The molecule has 0 heterocycles. The number of carbonyl (C=O) groups excluding carboxylic acids is 1. The number of rotatable bonds is 4. The third-order valence-corrected chi connectivity index (χ3v) is 3.34. The van der Waals surface area contributed by atoms with Crippen molar-refractivity contribution in [2.75, 3.05) is 30.0 Å². The third-order valence-electron chi connectivity index (χ3n) is 3.34. The number of nitrogen functional groups attached to an aromatic ring is 1. The number of primary amides is 1. The number of nitrogens with one attached hydrogen (secondary N) is 1. The zero-order valence-electron chi connectivity index (χ0n) is 12.5. The zero-order valence-corrected chi connectivity index (χ0v) is 12.5. The fourth-order valence-electron chi connectivity index (χ4n) is 2.21. The molecule has 0 aliphatic carbocycles.